The first-order valence-corrected chi connectivity index (χ1v) is 9.18. The second kappa shape index (κ2) is 7.69. The number of anilines is 2. The summed E-state index contributed by atoms with van der Waals surface area (Å²) in [5.74, 6) is -0.965. The molecule has 0 unspecified atom stereocenters. The molecular weight excluding hydrogens is 431 g/mol. The number of para-hydroxylation sites is 2. The molecule has 0 spiro atoms. The van der Waals surface area contributed by atoms with Crippen molar-refractivity contribution in [1.82, 2.24) is 19.1 Å². The normalized spacial score (nSPS) is 11.0. The lowest BCUT2D eigenvalue weighted by Crippen LogP contribution is -2.22. The zero-order valence-electron chi connectivity index (χ0n) is 16.2. The van der Waals surface area contributed by atoms with Crippen LogP contribution in [0.4, 0.5) is 21.7 Å². The van der Waals surface area contributed by atoms with Crippen molar-refractivity contribution in [2.24, 2.45) is 7.05 Å². The monoisotopic (exact) mass is 444 g/mol. The number of nitrogens with one attached hydrogen (secondary N) is 1. The SMILES string of the molecule is COc1cc(F)c([N+](=O)[O-])cc1Nc1ncc(Cl)c(-n2c(=O)n(C)c3ccccc32)n1. The fraction of sp³-hybridized carbons (Fsp3) is 0.105. The maximum atomic E-state index is 13.9. The quantitative estimate of drug-likeness (QED) is 0.369. The molecule has 31 heavy (non-hydrogen) atoms. The van der Waals surface area contributed by atoms with E-state index in [1.54, 1.807) is 31.3 Å². The van der Waals surface area contributed by atoms with Crippen LogP contribution in [-0.4, -0.2) is 31.1 Å². The van der Waals surface area contributed by atoms with Crippen LogP contribution in [0.5, 0.6) is 5.75 Å². The fourth-order valence-electron chi connectivity index (χ4n) is 3.14. The van der Waals surface area contributed by atoms with Gasteiger partial charge in [-0.3, -0.25) is 14.7 Å². The molecule has 2 aromatic heterocycles. The van der Waals surface area contributed by atoms with Crippen LogP contribution >= 0.6 is 11.6 Å². The van der Waals surface area contributed by atoms with E-state index in [2.05, 4.69) is 15.3 Å². The zero-order chi connectivity index (χ0) is 22.3. The highest BCUT2D eigenvalue weighted by Gasteiger charge is 2.21. The van der Waals surface area contributed by atoms with Gasteiger partial charge in [0.05, 0.1) is 35.0 Å². The van der Waals surface area contributed by atoms with Gasteiger partial charge in [-0.2, -0.15) is 9.37 Å². The Hall–Kier alpha value is -3.99. The van der Waals surface area contributed by atoms with Crippen LogP contribution in [0.1, 0.15) is 0 Å². The molecule has 158 valence electrons. The molecular formula is C19H14ClFN6O4. The van der Waals surface area contributed by atoms with E-state index in [1.165, 1.54) is 22.4 Å². The van der Waals surface area contributed by atoms with Gasteiger partial charge in [-0.1, -0.05) is 23.7 Å². The third kappa shape index (κ3) is 3.44. The van der Waals surface area contributed by atoms with Gasteiger partial charge in [0, 0.05) is 19.2 Å². The van der Waals surface area contributed by atoms with Gasteiger partial charge in [0.2, 0.25) is 11.8 Å². The Balaban J connectivity index is 1.85. The summed E-state index contributed by atoms with van der Waals surface area (Å²) in [6.45, 7) is 0. The van der Waals surface area contributed by atoms with Crippen molar-refractivity contribution >= 4 is 40.0 Å². The number of imidazole rings is 1. The minimum Gasteiger partial charge on any atom is -0.494 e. The first-order chi connectivity index (χ1) is 14.8. The van der Waals surface area contributed by atoms with Crippen LogP contribution in [0.3, 0.4) is 0 Å². The lowest BCUT2D eigenvalue weighted by atomic mass is 10.2. The molecule has 0 aliphatic rings. The molecule has 0 atom stereocenters. The Morgan fingerprint density at radius 3 is 2.65 bits per heavy atom. The predicted octanol–water partition coefficient (Wildman–Crippen LogP) is 3.57. The Morgan fingerprint density at radius 2 is 1.97 bits per heavy atom. The van der Waals surface area contributed by atoms with E-state index in [0.29, 0.717) is 11.0 Å². The molecule has 0 fully saturated rings. The summed E-state index contributed by atoms with van der Waals surface area (Å²) in [4.78, 5) is 31.4. The van der Waals surface area contributed by atoms with Gasteiger partial charge < -0.3 is 10.1 Å². The Bertz CT molecular complexity index is 1400. The van der Waals surface area contributed by atoms with Crippen molar-refractivity contribution < 1.29 is 14.1 Å². The molecule has 0 bridgehead atoms. The molecule has 0 aliphatic carbocycles. The number of ether oxygens (including phenoxy) is 1. The molecule has 10 nitrogen and oxygen atoms in total. The van der Waals surface area contributed by atoms with Gasteiger partial charge in [0.1, 0.15) is 10.8 Å². The molecule has 0 radical (unpaired) electrons. The van der Waals surface area contributed by atoms with Gasteiger partial charge in [-0.25, -0.2) is 14.3 Å². The summed E-state index contributed by atoms with van der Waals surface area (Å²) in [7, 11) is 2.91. The second-order valence-corrected chi connectivity index (χ2v) is 6.82. The lowest BCUT2D eigenvalue weighted by Gasteiger charge is -2.12. The van der Waals surface area contributed by atoms with Crippen LogP contribution in [0, 0.1) is 15.9 Å². The summed E-state index contributed by atoms with van der Waals surface area (Å²) < 4.78 is 21.8. The standard InChI is InChI=1S/C19H14ClFN6O4/c1-25-13-5-3-4-6-14(13)26(19(25)28)17-10(20)9-22-18(24-17)23-12-8-15(27(29)30)11(21)7-16(12)31-2/h3-9H,1-2H3,(H,22,23,24). The number of aromatic nitrogens is 4. The molecule has 2 aromatic carbocycles. The van der Waals surface area contributed by atoms with Crippen molar-refractivity contribution in [2.45, 2.75) is 0 Å². The van der Waals surface area contributed by atoms with E-state index >= 15 is 0 Å². The average Bonchev–Trinajstić information content (AvgIpc) is 3.00. The summed E-state index contributed by atoms with van der Waals surface area (Å²) in [6, 6.07) is 8.95. The van der Waals surface area contributed by atoms with E-state index in [1.807, 2.05) is 0 Å². The summed E-state index contributed by atoms with van der Waals surface area (Å²) in [5, 5.41) is 14.0. The number of aryl methyl sites for hydroxylation is 1. The highest BCUT2D eigenvalue weighted by atomic mass is 35.5. The molecule has 0 amide bonds. The lowest BCUT2D eigenvalue weighted by molar-refractivity contribution is -0.387. The van der Waals surface area contributed by atoms with Gasteiger partial charge in [-0.05, 0) is 12.1 Å². The molecule has 1 N–H and O–H groups in total. The first kappa shape index (κ1) is 20.3. The number of nitrogens with zero attached hydrogens (tertiary/aromatic N) is 5. The second-order valence-electron chi connectivity index (χ2n) is 6.42. The number of rotatable bonds is 5. The Labute approximate surface area is 178 Å². The Morgan fingerprint density at radius 1 is 1.26 bits per heavy atom. The summed E-state index contributed by atoms with van der Waals surface area (Å²) in [6.07, 6.45) is 1.28. The maximum Gasteiger partial charge on any atom is 0.334 e. The largest absolute Gasteiger partial charge is 0.494 e. The molecule has 0 saturated heterocycles. The number of nitro groups is 1. The van der Waals surface area contributed by atoms with Crippen molar-refractivity contribution in [2.75, 3.05) is 12.4 Å². The number of halogens is 2. The third-order valence-corrected chi connectivity index (χ3v) is 4.88. The molecule has 4 rings (SSSR count). The summed E-state index contributed by atoms with van der Waals surface area (Å²) >= 11 is 6.28. The van der Waals surface area contributed by atoms with Crippen LogP contribution < -0.4 is 15.7 Å². The highest BCUT2D eigenvalue weighted by molar-refractivity contribution is 6.32. The van der Waals surface area contributed by atoms with Crippen molar-refractivity contribution in [1.29, 1.82) is 0 Å². The minimum absolute atomic E-state index is 0.00512. The van der Waals surface area contributed by atoms with E-state index in [-0.39, 0.29) is 33.9 Å². The zero-order valence-corrected chi connectivity index (χ0v) is 16.9. The van der Waals surface area contributed by atoms with Gasteiger partial charge in [0.25, 0.3) is 0 Å². The number of benzene rings is 2. The van der Waals surface area contributed by atoms with Crippen molar-refractivity contribution in [3.05, 3.63) is 74.0 Å². The van der Waals surface area contributed by atoms with E-state index in [9.17, 15) is 19.3 Å². The smallest absolute Gasteiger partial charge is 0.334 e. The fourth-order valence-corrected chi connectivity index (χ4v) is 3.32. The van der Waals surface area contributed by atoms with Gasteiger partial charge >= 0.3 is 11.4 Å². The number of methoxy groups -OCH3 is 1. The van der Waals surface area contributed by atoms with Gasteiger partial charge in [-0.15, -0.1) is 0 Å². The number of hydrogen-bond acceptors (Lipinski definition) is 7. The van der Waals surface area contributed by atoms with E-state index < -0.39 is 16.4 Å². The first-order valence-electron chi connectivity index (χ1n) is 8.80. The highest BCUT2D eigenvalue weighted by Crippen LogP contribution is 2.33. The topological polar surface area (TPSA) is 117 Å². The van der Waals surface area contributed by atoms with Gasteiger partial charge in [0.15, 0.2) is 5.82 Å². The molecule has 2 heterocycles. The maximum absolute atomic E-state index is 13.9. The van der Waals surface area contributed by atoms with Crippen LogP contribution in [0.2, 0.25) is 5.02 Å². The van der Waals surface area contributed by atoms with Crippen LogP contribution in [0.15, 0.2) is 47.4 Å². The molecule has 12 heteroatoms. The minimum atomic E-state index is -1.05. The van der Waals surface area contributed by atoms with E-state index in [0.717, 1.165) is 12.1 Å². The van der Waals surface area contributed by atoms with E-state index in [4.69, 9.17) is 16.3 Å². The number of nitro benzene ring substituents is 1. The Kier molecular flexibility index (Phi) is 5.03. The molecule has 4 aromatic rings. The third-order valence-electron chi connectivity index (χ3n) is 4.61. The predicted molar refractivity (Wildman–Crippen MR) is 112 cm³/mol. The van der Waals surface area contributed by atoms with Crippen LogP contribution in [0.25, 0.3) is 16.9 Å². The summed E-state index contributed by atoms with van der Waals surface area (Å²) in [5.41, 5.74) is 0.198. The van der Waals surface area contributed by atoms with Crippen molar-refractivity contribution in [3.63, 3.8) is 0 Å². The molecule has 0 aliphatic heterocycles. The molecule has 0 saturated carbocycles. The van der Waals surface area contributed by atoms with Crippen LogP contribution in [-0.2, 0) is 7.05 Å². The number of fused-ring (bicyclic) bond motifs is 1. The number of hydrogen-bond donors (Lipinski definition) is 1. The average molecular weight is 445 g/mol. The van der Waals surface area contributed by atoms with Crippen molar-refractivity contribution in [3.8, 4) is 11.6 Å².